The van der Waals surface area contributed by atoms with Gasteiger partial charge in [-0.1, -0.05) is 42.5 Å². The molecule has 1 amide bonds. The van der Waals surface area contributed by atoms with Crippen molar-refractivity contribution < 1.29 is 9.90 Å². The maximum absolute atomic E-state index is 12.5. The fraction of sp³-hybridized carbons (Fsp3) is 0.238. The molecule has 3 aromatic rings. The molecule has 1 heterocycles. The Bertz CT molecular complexity index is 799. The van der Waals surface area contributed by atoms with Crippen LogP contribution in [-0.4, -0.2) is 27.4 Å². The van der Waals surface area contributed by atoms with E-state index in [4.69, 9.17) is 5.11 Å². The van der Waals surface area contributed by atoms with Crippen molar-refractivity contribution in [1.29, 1.82) is 0 Å². The van der Waals surface area contributed by atoms with Gasteiger partial charge in [-0.05, 0) is 42.2 Å². The molecule has 0 aliphatic carbocycles. The van der Waals surface area contributed by atoms with Crippen molar-refractivity contribution in [3.63, 3.8) is 0 Å². The van der Waals surface area contributed by atoms with Crippen LogP contribution < -0.4 is 5.32 Å². The highest BCUT2D eigenvalue weighted by Gasteiger charge is 2.14. The molecule has 1 unspecified atom stereocenters. The van der Waals surface area contributed by atoms with Crippen molar-refractivity contribution in [3.8, 4) is 5.69 Å². The first-order valence-corrected chi connectivity index (χ1v) is 8.80. The van der Waals surface area contributed by atoms with E-state index in [2.05, 4.69) is 10.4 Å². The number of aromatic nitrogens is 2. The molecule has 26 heavy (non-hydrogen) atoms. The van der Waals surface area contributed by atoms with Crippen LogP contribution in [0.4, 0.5) is 0 Å². The van der Waals surface area contributed by atoms with Crippen molar-refractivity contribution >= 4 is 5.91 Å². The Morgan fingerprint density at radius 2 is 1.85 bits per heavy atom. The minimum atomic E-state index is -0.0841. The fourth-order valence-corrected chi connectivity index (χ4v) is 2.92. The van der Waals surface area contributed by atoms with Gasteiger partial charge in [0.1, 0.15) is 0 Å². The Morgan fingerprint density at radius 1 is 1.08 bits per heavy atom. The standard InChI is InChI=1S/C21H23N3O2/c25-15-4-8-20(18-6-2-1-3-7-18)23-21(26)16-17-9-11-19(12-10-17)24-14-5-13-22-24/h1-3,5-7,9-14,20,25H,4,8,15-16H2,(H,23,26). The third kappa shape index (κ3) is 4.80. The van der Waals surface area contributed by atoms with Gasteiger partial charge in [-0.25, -0.2) is 4.68 Å². The number of hydrogen-bond donors (Lipinski definition) is 2. The summed E-state index contributed by atoms with van der Waals surface area (Å²) in [6.07, 6.45) is 5.30. The van der Waals surface area contributed by atoms with E-state index < -0.39 is 0 Å². The van der Waals surface area contributed by atoms with E-state index in [1.165, 1.54) is 0 Å². The van der Waals surface area contributed by atoms with Crippen molar-refractivity contribution in [1.82, 2.24) is 15.1 Å². The fourth-order valence-electron chi connectivity index (χ4n) is 2.92. The van der Waals surface area contributed by atoms with Gasteiger partial charge in [-0.2, -0.15) is 5.10 Å². The zero-order valence-electron chi connectivity index (χ0n) is 14.6. The normalized spacial score (nSPS) is 11.9. The lowest BCUT2D eigenvalue weighted by atomic mass is 10.0. The Labute approximate surface area is 153 Å². The van der Waals surface area contributed by atoms with Crippen molar-refractivity contribution in [3.05, 3.63) is 84.2 Å². The van der Waals surface area contributed by atoms with Crippen LogP contribution in [0.2, 0.25) is 0 Å². The summed E-state index contributed by atoms with van der Waals surface area (Å²) in [5, 5.41) is 16.4. The van der Waals surface area contributed by atoms with Crippen molar-refractivity contribution in [2.75, 3.05) is 6.61 Å². The Kier molecular flexibility index (Phi) is 6.17. The number of aliphatic hydroxyl groups excluding tert-OH is 1. The summed E-state index contributed by atoms with van der Waals surface area (Å²) in [6.45, 7) is 0.119. The number of carbonyl (C=O) groups excluding carboxylic acids is 1. The summed E-state index contributed by atoms with van der Waals surface area (Å²) in [4.78, 5) is 12.5. The van der Waals surface area contributed by atoms with Gasteiger partial charge in [0.2, 0.25) is 5.91 Å². The molecule has 2 N–H and O–H groups in total. The Morgan fingerprint density at radius 3 is 2.50 bits per heavy atom. The molecule has 0 aliphatic heterocycles. The predicted octanol–water partition coefficient (Wildman–Crippen LogP) is 3.04. The quantitative estimate of drug-likeness (QED) is 0.657. The number of aliphatic hydroxyl groups is 1. The van der Waals surface area contributed by atoms with Crippen LogP contribution >= 0.6 is 0 Å². The third-order valence-electron chi connectivity index (χ3n) is 4.26. The molecular formula is C21H23N3O2. The maximum atomic E-state index is 12.5. The van der Waals surface area contributed by atoms with Gasteiger partial charge in [-0.15, -0.1) is 0 Å². The molecule has 134 valence electrons. The van der Waals surface area contributed by atoms with Crippen LogP contribution in [0.25, 0.3) is 5.69 Å². The SMILES string of the molecule is O=C(Cc1ccc(-n2cccn2)cc1)NC(CCCO)c1ccccc1. The van der Waals surface area contributed by atoms with Crippen molar-refractivity contribution in [2.45, 2.75) is 25.3 Å². The topological polar surface area (TPSA) is 67.2 Å². The summed E-state index contributed by atoms with van der Waals surface area (Å²) in [6, 6.07) is 19.5. The number of benzene rings is 2. The summed E-state index contributed by atoms with van der Waals surface area (Å²) in [5.74, 6) is -0.0244. The number of nitrogens with one attached hydrogen (secondary N) is 1. The number of nitrogens with zero attached hydrogens (tertiary/aromatic N) is 2. The molecule has 5 heteroatoms. The van der Waals surface area contributed by atoms with Crippen molar-refractivity contribution in [2.24, 2.45) is 0 Å². The first-order valence-electron chi connectivity index (χ1n) is 8.80. The highest BCUT2D eigenvalue weighted by atomic mass is 16.3. The van der Waals surface area contributed by atoms with Gasteiger partial charge < -0.3 is 10.4 Å². The Balaban J connectivity index is 1.62. The first-order chi connectivity index (χ1) is 12.8. The van der Waals surface area contributed by atoms with Gasteiger partial charge in [0.15, 0.2) is 0 Å². The minimum absolute atomic E-state index is 0.0244. The van der Waals surface area contributed by atoms with Crippen LogP contribution in [0.3, 0.4) is 0 Å². The smallest absolute Gasteiger partial charge is 0.224 e. The third-order valence-corrected chi connectivity index (χ3v) is 4.26. The minimum Gasteiger partial charge on any atom is -0.396 e. The van der Waals surface area contributed by atoms with E-state index in [1.807, 2.05) is 66.9 Å². The van der Waals surface area contributed by atoms with Crippen LogP contribution in [0.1, 0.15) is 30.0 Å². The van der Waals surface area contributed by atoms with E-state index >= 15 is 0 Å². The predicted molar refractivity (Wildman–Crippen MR) is 101 cm³/mol. The molecule has 0 saturated heterocycles. The second-order valence-electron chi connectivity index (χ2n) is 6.19. The van der Waals surface area contributed by atoms with E-state index in [9.17, 15) is 4.79 Å². The first kappa shape index (κ1) is 17.9. The second kappa shape index (κ2) is 8.97. The molecule has 0 saturated carbocycles. The maximum Gasteiger partial charge on any atom is 0.224 e. The molecule has 0 spiro atoms. The molecule has 2 aromatic carbocycles. The average molecular weight is 349 g/mol. The number of carbonyl (C=O) groups is 1. The second-order valence-corrected chi connectivity index (χ2v) is 6.19. The van der Waals surface area contributed by atoms with Crippen LogP contribution in [0.15, 0.2) is 73.1 Å². The molecule has 0 bridgehead atoms. The molecular weight excluding hydrogens is 326 g/mol. The highest BCUT2D eigenvalue weighted by molar-refractivity contribution is 5.79. The highest BCUT2D eigenvalue weighted by Crippen LogP contribution is 2.18. The zero-order chi connectivity index (χ0) is 18.2. The molecule has 0 radical (unpaired) electrons. The van der Waals surface area contributed by atoms with Gasteiger partial charge in [0.05, 0.1) is 18.2 Å². The van der Waals surface area contributed by atoms with E-state index in [0.29, 0.717) is 19.3 Å². The monoisotopic (exact) mass is 349 g/mol. The average Bonchev–Trinajstić information content (AvgIpc) is 3.21. The van der Waals surface area contributed by atoms with Crippen LogP contribution in [0, 0.1) is 0 Å². The molecule has 3 rings (SSSR count). The van der Waals surface area contributed by atoms with E-state index in [-0.39, 0.29) is 18.6 Å². The summed E-state index contributed by atoms with van der Waals surface area (Å²) in [5.41, 5.74) is 2.97. The lowest BCUT2D eigenvalue weighted by Gasteiger charge is -2.19. The lowest BCUT2D eigenvalue weighted by Crippen LogP contribution is -2.30. The van der Waals surface area contributed by atoms with Gasteiger partial charge in [0, 0.05) is 19.0 Å². The van der Waals surface area contributed by atoms with E-state index in [0.717, 1.165) is 16.8 Å². The summed E-state index contributed by atoms with van der Waals surface area (Å²) >= 11 is 0. The molecule has 0 aliphatic rings. The molecule has 1 aromatic heterocycles. The van der Waals surface area contributed by atoms with Gasteiger partial charge in [-0.3, -0.25) is 4.79 Å². The van der Waals surface area contributed by atoms with Gasteiger partial charge >= 0.3 is 0 Å². The molecule has 1 atom stereocenters. The number of rotatable bonds is 8. The van der Waals surface area contributed by atoms with Crippen LogP contribution in [-0.2, 0) is 11.2 Å². The summed E-state index contributed by atoms with van der Waals surface area (Å²) < 4.78 is 1.78. The molecule has 0 fully saturated rings. The van der Waals surface area contributed by atoms with Gasteiger partial charge in [0.25, 0.3) is 0 Å². The largest absolute Gasteiger partial charge is 0.396 e. The number of hydrogen-bond acceptors (Lipinski definition) is 3. The van der Waals surface area contributed by atoms with E-state index in [1.54, 1.807) is 10.9 Å². The summed E-state index contributed by atoms with van der Waals surface area (Å²) in [7, 11) is 0. The van der Waals surface area contributed by atoms with Crippen LogP contribution in [0.5, 0.6) is 0 Å². The number of amides is 1. The molecule has 5 nitrogen and oxygen atoms in total. The Hall–Kier alpha value is -2.92. The lowest BCUT2D eigenvalue weighted by molar-refractivity contribution is -0.121. The zero-order valence-corrected chi connectivity index (χ0v) is 14.6.